The van der Waals surface area contributed by atoms with Crippen LogP contribution in [0.25, 0.3) is 16.8 Å². The maximum absolute atomic E-state index is 6.13. The molecule has 1 fully saturated rings. The summed E-state index contributed by atoms with van der Waals surface area (Å²) in [6, 6.07) is 28.5. The molecule has 0 bridgehead atoms. The fourth-order valence-electron chi connectivity index (χ4n) is 3.93. The molecule has 1 aliphatic heterocycles. The lowest BCUT2D eigenvalue weighted by Gasteiger charge is -2.26. The molecule has 0 aliphatic carbocycles. The summed E-state index contributed by atoms with van der Waals surface area (Å²) < 4.78 is 16.1. The Morgan fingerprint density at radius 3 is 2.15 bits per heavy atom. The number of benzene rings is 3. The van der Waals surface area contributed by atoms with Crippen molar-refractivity contribution in [3.8, 4) is 22.6 Å². The molecule has 0 radical (unpaired) electrons. The molecule has 33 heavy (non-hydrogen) atoms. The van der Waals surface area contributed by atoms with E-state index in [0.717, 1.165) is 49.1 Å². The third-order valence-corrected chi connectivity index (χ3v) is 6.08. The molecule has 6 nitrogen and oxygen atoms in total. The topological polar surface area (TPSA) is 44.4 Å². The van der Waals surface area contributed by atoms with Crippen LogP contribution in [0.5, 0.6) is 5.75 Å². The van der Waals surface area contributed by atoms with Crippen molar-refractivity contribution in [1.82, 2.24) is 19.2 Å². The first-order valence-corrected chi connectivity index (χ1v) is 11.5. The van der Waals surface area contributed by atoms with Crippen LogP contribution in [0.15, 0.2) is 84.9 Å². The second kappa shape index (κ2) is 10.1. The van der Waals surface area contributed by atoms with Crippen LogP contribution in [-0.2, 0) is 18.0 Å². The van der Waals surface area contributed by atoms with Gasteiger partial charge in [-0.2, -0.15) is 5.10 Å². The molecule has 5 rings (SSSR count). The van der Waals surface area contributed by atoms with E-state index >= 15 is 0 Å². The number of ether oxygens (including phenoxy) is 2. The van der Waals surface area contributed by atoms with E-state index in [0.29, 0.717) is 18.0 Å². The van der Waals surface area contributed by atoms with Gasteiger partial charge in [0.15, 0.2) is 5.82 Å². The molecule has 0 amide bonds. The molecule has 7 heteroatoms. The number of morpholine rings is 1. The highest BCUT2D eigenvalue weighted by molar-refractivity contribution is 7.71. The van der Waals surface area contributed by atoms with Crippen molar-refractivity contribution in [3.05, 3.63) is 95.5 Å². The molecule has 1 aliphatic rings. The van der Waals surface area contributed by atoms with Crippen molar-refractivity contribution in [1.29, 1.82) is 0 Å². The van der Waals surface area contributed by atoms with Crippen molar-refractivity contribution < 1.29 is 9.47 Å². The van der Waals surface area contributed by atoms with Gasteiger partial charge in [-0.25, -0.2) is 4.68 Å². The maximum atomic E-state index is 6.13. The predicted molar refractivity (Wildman–Crippen MR) is 131 cm³/mol. The van der Waals surface area contributed by atoms with E-state index in [-0.39, 0.29) is 0 Å². The van der Waals surface area contributed by atoms with E-state index in [9.17, 15) is 0 Å². The summed E-state index contributed by atoms with van der Waals surface area (Å²) in [5, 5.41) is 4.83. The highest BCUT2D eigenvalue weighted by atomic mass is 32.1. The predicted octanol–water partition coefficient (Wildman–Crippen LogP) is 4.94. The molecule has 168 valence electrons. The zero-order valence-corrected chi connectivity index (χ0v) is 19.2. The Morgan fingerprint density at radius 1 is 0.818 bits per heavy atom. The van der Waals surface area contributed by atoms with E-state index in [1.165, 1.54) is 5.56 Å². The second-order valence-electron chi connectivity index (χ2n) is 7.92. The molecular weight excluding hydrogens is 432 g/mol. The van der Waals surface area contributed by atoms with Gasteiger partial charge in [-0.15, -0.1) is 0 Å². The van der Waals surface area contributed by atoms with Gasteiger partial charge in [-0.3, -0.25) is 9.47 Å². The number of hydrogen-bond donors (Lipinski definition) is 0. The van der Waals surface area contributed by atoms with Gasteiger partial charge in [0.05, 0.1) is 19.9 Å². The SMILES string of the molecule is S=c1n(CN2CCOCC2)nc(COc2ccc(-c3ccccc3)cc2)n1-c1ccccc1. The van der Waals surface area contributed by atoms with Crippen LogP contribution in [0.3, 0.4) is 0 Å². The van der Waals surface area contributed by atoms with Gasteiger partial charge in [0, 0.05) is 18.8 Å². The van der Waals surface area contributed by atoms with Gasteiger partial charge in [0.1, 0.15) is 12.4 Å². The molecule has 0 atom stereocenters. The number of nitrogens with zero attached hydrogens (tertiary/aromatic N) is 4. The van der Waals surface area contributed by atoms with Gasteiger partial charge >= 0.3 is 0 Å². The fraction of sp³-hybridized carbons (Fsp3) is 0.231. The highest BCUT2D eigenvalue weighted by Gasteiger charge is 2.17. The van der Waals surface area contributed by atoms with Crippen LogP contribution >= 0.6 is 12.2 Å². The lowest BCUT2D eigenvalue weighted by atomic mass is 10.1. The van der Waals surface area contributed by atoms with E-state index in [4.69, 9.17) is 26.8 Å². The highest BCUT2D eigenvalue weighted by Crippen LogP contribution is 2.23. The van der Waals surface area contributed by atoms with Gasteiger partial charge < -0.3 is 9.47 Å². The summed E-state index contributed by atoms with van der Waals surface area (Å²) >= 11 is 5.82. The molecule has 0 unspecified atom stereocenters. The molecular formula is C26H26N4O2S. The zero-order chi connectivity index (χ0) is 22.5. The van der Waals surface area contributed by atoms with Gasteiger partial charge in [0.2, 0.25) is 4.77 Å². The van der Waals surface area contributed by atoms with Crippen LogP contribution in [-0.4, -0.2) is 45.6 Å². The first-order valence-electron chi connectivity index (χ1n) is 11.1. The summed E-state index contributed by atoms with van der Waals surface area (Å²) in [5.41, 5.74) is 3.32. The minimum absolute atomic E-state index is 0.319. The Bertz CT molecular complexity index is 1230. The molecule has 0 N–H and O–H groups in total. The average molecular weight is 459 g/mol. The van der Waals surface area contributed by atoms with Gasteiger partial charge in [-0.05, 0) is 47.6 Å². The van der Waals surface area contributed by atoms with Crippen molar-refractivity contribution in [2.24, 2.45) is 0 Å². The first kappa shape index (κ1) is 21.6. The van der Waals surface area contributed by atoms with Crippen LogP contribution in [0.4, 0.5) is 0 Å². The summed E-state index contributed by atoms with van der Waals surface area (Å²) in [4.78, 5) is 2.30. The van der Waals surface area contributed by atoms with Crippen molar-refractivity contribution in [2.45, 2.75) is 13.3 Å². The van der Waals surface area contributed by atoms with E-state index in [1.54, 1.807) is 0 Å². The van der Waals surface area contributed by atoms with Crippen LogP contribution < -0.4 is 4.74 Å². The molecule has 3 aromatic carbocycles. The fourth-order valence-corrected chi connectivity index (χ4v) is 4.24. The van der Waals surface area contributed by atoms with Crippen molar-refractivity contribution in [3.63, 3.8) is 0 Å². The Morgan fingerprint density at radius 2 is 1.45 bits per heavy atom. The zero-order valence-electron chi connectivity index (χ0n) is 18.3. The maximum Gasteiger partial charge on any atom is 0.203 e. The van der Waals surface area contributed by atoms with Crippen LogP contribution in [0.1, 0.15) is 5.82 Å². The second-order valence-corrected chi connectivity index (χ2v) is 8.29. The van der Waals surface area contributed by atoms with E-state index in [1.807, 2.05) is 69.9 Å². The standard InChI is InChI=1S/C26H26N4O2S/c33-26-29(20-28-15-17-31-18-16-28)27-25(30(26)23-9-5-2-6-10-23)19-32-24-13-11-22(12-14-24)21-7-3-1-4-8-21/h1-14H,15-20H2. The lowest BCUT2D eigenvalue weighted by molar-refractivity contribution is 0.0209. The van der Waals surface area contributed by atoms with Crippen LogP contribution in [0.2, 0.25) is 0 Å². The largest absolute Gasteiger partial charge is 0.486 e. The average Bonchev–Trinajstić information content (AvgIpc) is 3.19. The summed E-state index contributed by atoms with van der Waals surface area (Å²) in [6.07, 6.45) is 0. The summed E-state index contributed by atoms with van der Waals surface area (Å²) in [5.74, 6) is 1.56. The minimum atomic E-state index is 0.319. The normalized spacial score (nSPS) is 14.3. The molecule has 1 saturated heterocycles. The molecule has 4 aromatic rings. The summed E-state index contributed by atoms with van der Waals surface area (Å²) in [6.45, 7) is 4.18. The number of aromatic nitrogens is 3. The molecule has 1 aromatic heterocycles. The Kier molecular flexibility index (Phi) is 6.62. The van der Waals surface area contributed by atoms with E-state index < -0.39 is 0 Å². The number of para-hydroxylation sites is 1. The lowest BCUT2D eigenvalue weighted by Crippen LogP contribution is -2.37. The molecule has 2 heterocycles. The quantitative estimate of drug-likeness (QED) is 0.367. The minimum Gasteiger partial charge on any atom is -0.486 e. The number of rotatable bonds is 7. The van der Waals surface area contributed by atoms with Crippen LogP contribution in [0, 0.1) is 4.77 Å². The Balaban J connectivity index is 1.37. The summed E-state index contributed by atoms with van der Waals surface area (Å²) in [7, 11) is 0. The monoisotopic (exact) mass is 458 g/mol. The third-order valence-electron chi connectivity index (χ3n) is 5.69. The Labute approximate surface area is 198 Å². The first-order chi connectivity index (χ1) is 16.3. The van der Waals surface area contributed by atoms with Crippen molar-refractivity contribution >= 4 is 12.2 Å². The molecule has 0 saturated carbocycles. The number of hydrogen-bond acceptors (Lipinski definition) is 5. The smallest absolute Gasteiger partial charge is 0.203 e. The molecule has 0 spiro atoms. The van der Waals surface area contributed by atoms with Gasteiger partial charge in [0.25, 0.3) is 0 Å². The van der Waals surface area contributed by atoms with Crippen molar-refractivity contribution in [2.75, 3.05) is 26.3 Å². The van der Waals surface area contributed by atoms with E-state index in [2.05, 4.69) is 29.2 Å². The van der Waals surface area contributed by atoms with Gasteiger partial charge in [-0.1, -0.05) is 60.7 Å². The Hall–Kier alpha value is -3.26. The third kappa shape index (κ3) is 5.06.